The Bertz CT molecular complexity index is 1340. The normalized spacial score (nSPS) is 20.7. The highest BCUT2D eigenvalue weighted by atomic mass is 32.2. The van der Waals surface area contributed by atoms with E-state index in [2.05, 4.69) is 0 Å². The molecular formula is C27H30F6N2O5S. The van der Waals surface area contributed by atoms with Gasteiger partial charge in [-0.3, -0.25) is 4.79 Å². The zero-order valence-corrected chi connectivity index (χ0v) is 22.7. The second-order valence-corrected chi connectivity index (χ2v) is 12.1. The summed E-state index contributed by atoms with van der Waals surface area (Å²) in [7, 11) is -4.51. The van der Waals surface area contributed by atoms with E-state index in [1.165, 1.54) is 23.1 Å². The predicted molar refractivity (Wildman–Crippen MR) is 135 cm³/mol. The fourth-order valence-corrected chi connectivity index (χ4v) is 7.18. The SMILES string of the molecule is O=C(COCC1CCCCN1S(=O)(=O)c1ccccc1C(F)(F)F)N1CCC(O)(c2cccc(C(F)(F)F)c2)CC1. The summed E-state index contributed by atoms with van der Waals surface area (Å²) >= 11 is 0. The van der Waals surface area contributed by atoms with Crippen LogP contribution in [0.4, 0.5) is 26.3 Å². The van der Waals surface area contributed by atoms with Gasteiger partial charge in [-0.25, -0.2) is 8.42 Å². The first-order valence-corrected chi connectivity index (χ1v) is 14.5. The molecule has 2 aliphatic rings. The highest BCUT2D eigenvalue weighted by molar-refractivity contribution is 7.89. The van der Waals surface area contributed by atoms with Gasteiger partial charge in [-0.1, -0.05) is 30.7 Å². The molecule has 2 saturated heterocycles. The van der Waals surface area contributed by atoms with Crippen molar-refractivity contribution in [2.45, 2.75) is 61.0 Å². The Morgan fingerprint density at radius 1 is 0.951 bits per heavy atom. The van der Waals surface area contributed by atoms with Gasteiger partial charge in [0.15, 0.2) is 0 Å². The Balaban J connectivity index is 1.35. The monoisotopic (exact) mass is 608 g/mol. The summed E-state index contributed by atoms with van der Waals surface area (Å²) in [5.74, 6) is -0.455. The Hall–Kier alpha value is -2.68. The molecule has 1 N–H and O–H groups in total. The average Bonchev–Trinajstić information content (AvgIpc) is 2.93. The maximum atomic E-state index is 13.5. The molecule has 2 heterocycles. The number of ether oxygens (including phenoxy) is 1. The Morgan fingerprint density at radius 3 is 2.29 bits per heavy atom. The van der Waals surface area contributed by atoms with Gasteiger partial charge in [0.1, 0.15) is 6.61 Å². The summed E-state index contributed by atoms with van der Waals surface area (Å²) in [6.45, 7) is -0.496. The number of halogens is 6. The lowest BCUT2D eigenvalue weighted by Crippen LogP contribution is -2.48. The van der Waals surface area contributed by atoms with Crippen LogP contribution < -0.4 is 0 Å². The standard InChI is InChI=1S/C27H30F6N2O5S/c28-26(29,30)20-7-5-6-19(16-20)25(37)11-14-34(15-12-25)24(36)18-40-17-21-8-3-4-13-35(21)41(38,39)23-10-2-1-9-22(23)27(31,32)33/h1-2,5-7,9-10,16,21,37H,3-4,8,11-15,17-18H2. The third kappa shape index (κ3) is 7.04. The zero-order valence-electron chi connectivity index (χ0n) is 21.9. The topological polar surface area (TPSA) is 87.2 Å². The molecule has 0 bridgehead atoms. The van der Waals surface area contributed by atoms with Crippen LogP contribution in [0.2, 0.25) is 0 Å². The van der Waals surface area contributed by atoms with Crippen LogP contribution in [0.15, 0.2) is 53.4 Å². The summed E-state index contributed by atoms with van der Waals surface area (Å²) in [5, 5.41) is 11.0. The van der Waals surface area contributed by atoms with Crippen LogP contribution in [0, 0.1) is 0 Å². The van der Waals surface area contributed by atoms with Crippen molar-refractivity contribution in [2.75, 3.05) is 32.8 Å². The van der Waals surface area contributed by atoms with Gasteiger partial charge < -0.3 is 14.7 Å². The first kappa shape index (κ1) is 31.3. The van der Waals surface area contributed by atoms with Gasteiger partial charge in [0.05, 0.1) is 28.2 Å². The van der Waals surface area contributed by atoms with E-state index < -0.39 is 62.6 Å². The number of piperidine rings is 2. The number of carbonyl (C=O) groups is 1. The molecule has 14 heteroatoms. The molecule has 1 atom stereocenters. The predicted octanol–water partition coefficient (Wildman–Crippen LogP) is 4.79. The van der Waals surface area contributed by atoms with Crippen LogP contribution in [0.3, 0.4) is 0 Å². The number of likely N-dealkylation sites (tertiary alicyclic amines) is 1. The maximum Gasteiger partial charge on any atom is 0.417 e. The van der Waals surface area contributed by atoms with E-state index in [4.69, 9.17) is 4.74 Å². The Morgan fingerprint density at radius 2 is 1.63 bits per heavy atom. The average molecular weight is 609 g/mol. The summed E-state index contributed by atoms with van der Waals surface area (Å²) in [6, 6.07) is 7.65. The summed E-state index contributed by atoms with van der Waals surface area (Å²) < 4.78 is 113. The molecule has 0 saturated carbocycles. The minimum atomic E-state index is -4.86. The molecule has 7 nitrogen and oxygen atoms in total. The van der Waals surface area contributed by atoms with E-state index in [9.17, 15) is 44.7 Å². The number of benzene rings is 2. The third-order valence-corrected chi connectivity index (χ3v) is 9.57. The van der Waals surface area contributed by atoms with Gasteiger partial charge in [-0.15, -0.1) is 0 Å². The first-order chi connectivity index (χ1) is 19.1. The second kappa shape index (κ2) is 11.9. The van der Waals surface area contributed by atoms with Crippen molar-refractivity contribution in [3.63, 3.8) is 0 Å². The van der Waals surface area contributed by atoms with E-state index in [0.717, 1.165) is 28.6 Å². The third-order valence-electron chi connectivity index (χ3n) is 7.56. The maximum absolute atomic E-state index is 13.5. The quantitative estimate of drug-likeness (QED) is 0.457. The fourth-order valence-electron chi connectivity index (χ4n) is 5.28. The minimum Gasteiger partial charge on any atom is -0.385 e. The Kier molecular flexibility index (Phi) is 9.07. The molecule has 2 aromatic carbocycles. The molecular weight excluding hydrogens is 578 g/mol. The van der Waals surface area contributed by atoms with Crippen LogP contribution >= 0.6 is 0 Å². The number of aliphatic hydroxyl groups is 1. The van der Waals surface area contributed by atoms with Crippen molar-refractivity contribution in [3.05, 3.63) is 65.2 Å². The number of rotatable bonds is 7. The zero-order chi connectivity index (χ0) is 30.1. The van der Waals surface area contributed by atoms with Crippen molar-refractivity contribution < 1.29 is 49.4 Å². The van der Waals surface area contributed by atoms with Crippen molar-refractivity contribution in [1.82, 2.24) is 9.21 Å². The molecule has 1 amide bonds. The minimum absolute atomic E-state index is 0.00725. The molecule has 2 aromatic rings. The Labute approximate surface area is 233 Å². The lowest BCUT2D eigenvalue weighted by molar-refractivity contribution is -0.141. The van der Waals surface area contributed by atoms with E-state index in [0.29, 0.717) is 25.3 Å². The van der Waals surface area contributed by atoms with E-state index in [1.807, 2.05) is 0 Å². The van der Waals surface area contributed by atoms with E-state index in [-0.39, 0.29) is 44.6 Å². The van der Waals surface area contributed by atoms with Crippen LogP contribution in [0.5, 0.6) is 0 Å². The van der Waals surface area contributed by atoms with Crippen molar-refractivity contribution in [2.24, 2.45) is 0 Å². The number of nitrogens with zero attached hydrogens (tertiary/aromatic N) is 2. The first-order valence-electron chi connectivity index (χ1n) is 13.1. The molecule has 0 radical (unpaired) electrons. The number of carbonyl (C=O) groups excluding carboxylic acids is 1. The fraction of sp³-hybridized carbons (Fsp3) is 0.519. The van der Waals surface area contributed by atoms with Crippen molar-refractivity contribution >= 4 is 15.9 Å². The van der Waals surface area contributed by atoms with E-state index in [1.54, 1.807) is 0 Å². The lowest BCUT2D eigenvalue weighted by atomic mass is 9.83. The summed E-state index contributed by atoms with van der Waals surface area (Å²) in [5.41, 5.74) is -3.56. The van der Waals surface area contributed by atoms with Crippen LogP contribution in [0.25, 0.3) is 0 Å². The van der Waals surface area contributed by atoms with Crippen LogP contribution in [-0.4, -0.2) is 67.5 Å². The van der Waals surface area contributed by atoms with Gasteiger partial charge in [-0.05, 0) is 55.5 Å². The highest BCUT2D eigenvalue weighted by Gasteiger charge is 2.42. The number of amides is 1. The van der Waals surface area contributed by atoms with E-state index >= 15 is 0 Å². The smallest absolute Gasteiger partial charge is 0.385 e. The van der Waals surface area contributed by atoms with Crippen LogP contribution in [-0.2, 0) is 37.5 Å². The molecule has 41 heavy (non-hydrogen) atoms. The van der Waals surface area contributed by atoms with Crippen LogP contribution in [0.1, 0.15) is 48.8 Å². The highest BCUT2D eigenvalue weighted by Crippen LogP contribution is 2.38. The molecule has 0 spiro atoms. The molecule has 0 aromatic heterocycles. The van der Waals surface area contributed by atoms with Crippen molar-refractivity contribution in [3.8, 4) is 0 Å². The molecule has 0 aliphatic carbocycles. The van der Waals surface area contributed by atoms with Crippen molar-refractivity contribution in [1.29, 1.82) is 0 Å². The van der Waals surface area contributed by atoms with Gasteiger partial charge >= 0.3 is 12.4 Å². The largest absolute Gasteiger partial charge is 0.417 e. The number of alkyl halides is 6. The summed E-state index contributed by atoms with van der Waals surface area (Å²) in [6.07, 6.45) is -7.97. The number of hydrogen-bond donors (Lipinski definition) is 1. The molecule has 4 rings (SSSR count). The van der Waals surface area contributed by atoms with Gasteiger partial charge in [0, 0.05) is 25.7 Å². The lowest BCUT2D eigenvalue weighted by Gasteiger charge is -2.39. The molecule has 2 aliphatic heterocycles. The molecule has 226 valence electrons. The number of sulfonamides is 1. The van der Waals surface area contributed by atoms with Gasteiger partial charge in [0.2, 0.25) is 15.9 Å². The summed E-state index contributed by atoms with van der Waals surface area (Å²) in [4.78, 5) is 13.3. The number of hydrogen-bond acceptors (Lipinski definition) is 5. The van der Waals surface area contributed by atoms with Gasteiger partial charge in [-0.2, -0.15) is 30.6 Å². The second-order valence-electron chi connectivity index (χ2n) is 10.3. The molecule has 1 unspecified atom stereocenters. The van der Waals surface area contributed by atoms with Gasteiger partial charge in [0.25, 0.3) is 0 Å². The molecule has 2 fully saturated rings.